The van der Waals surface area contributed by atoms with E-state index in [1.165, 1.54) is 22.7 Å². The molecule has 0 bridgehead atoms. The third-order valence-electron chi connectivity index (χ3n) is 2.94. The van der Waals surface area contributed by atoms with Crippen LogP contribution in [0.5, 0.6) is 5.75 Å². The average Bonchev–Trinajstić information content (AvgIpc) is 3.25. The topological polar surface area (TPSA) is 64.1 Å². The van der Waals surface area contributed by atoms with E-state index in [0.29, 0.717) is 10.0 Å². The summed E-state index contributed by atoms with van der Waals surface area (Å²) >= 11 is 2.71. The van der Waals surface area contributed by atoms with Crippen LogP contribution in [0.4, 0.5) is 5.13 Å². The molecule has 0 unspecified atom stereocenters. The highest BCUT2D eigenvalue weighted by Crippen LogP contribution is 2.20. The molecule has 0 fully saturated rings. The zero-order valence-electron chi connectivity index (χ0n) is 12.2. The van der Waals surface area contributed by atoms with Crippen LogP contribution in [-0.2, 0) is 0 Å². The van der Waals surface area contributed by atoms with Gasteiger partial charge in [-0.2, -0.15) is 0 Å². The summed E-state index contributed by atoms with van der Waals surface area (Å²) in [4.78, 5) is 12.6. The Hall–Kier alpha value is -2.51. The minimum Gasteiger partial charge on any atom is -0.497 e. The zero-order chi connectivity index (χ0) is 16.1. The van der Waals surface area contributed by atoms with Crippen molar-refractivity contribution in [3.63, 3.8) is 0 Å². The molecule has 2 heterocycles. The molecule has 0 atom stereocenters. The molecule has 0 saturated carbocycles. The van der Waals surface area contributed by atoms with Crippen LogP contribution in [0.2, 0.25) is 0 Å². The van der Waals surface area contributed by atoms with Gasteiger partial charge in [-0.1, -0.05) is 35.6 Å². The number of benzene rings is 1. The minimum atomic E-state index is -0.165. The van der Waals surface area contributed by atoms with Gasteiger partial charge >= 0.3 is 0 Å². The first-order valence-electron chi connectivity index (χ1n) is 6.75. The van der Waals surface area contributed by atoms with Gasteiger partial charge in [-0.15, -0.1) is 21.5 Å². The Balaban J connectivity index is 1.64. The lowest BCUT2D eigenvalue weighted by atomic mass is 10.2. The van der Waals surface area contributed by atoms with Crippen LogP contribution >= 0.6 is 22.7 Å². The van der Waals surface area contributed by atoms with Crippen molar-refractivity contribution in [1.29, 1.82) is 0 Å². The summed E-state index contributed by atoms with van der Waals surface area (Å²) in [5.41, 5.74) is 1.03. The second kappa shape index (κ2) is 7.17. The van der Waals surface area contributed by atoms with E-state index in [2.05, 4.69) is 15.5 Å². The van der Waals surface area contributed by atoms with Gasteiger partial charge in [-0.05, 0) is 35.2 Å². The van der Waals surface area contributed by atoms with Gasteiger partial charge in [0.2, 0.25) is 5.13 Å². The third-order valence-corrected chi connectivity index (χ3v) is 4.61. The van der Waals surface area contributed by atoms with E-state index in [9.17, 15) is 4.79 Å². The van der Waals surface area contributed by atoms with Gasteiger partial charge in [0.1, 0.15) is 10.8 Å². The first-order chi connectivity index (χ1) is 11.2. The number of thiophene rings is 1. The van der Waals surface area contributed by atoms with Gasteiger partial charge in [-0.25, -0.2) is 0 Å². The average molecular weight is 343 g/mol. The summed E-state index contributed by atoms with van der Waals surface area (Å²) in [5.74, 6) is 0.651. The summed E-state index contributed by atoms with van der Waals surface area (Å²) in [6.07, 6.45) is 3.80. The molecule has 5 nitrogen and oxygen atoms in total. The van der Waals surface area contributed by atoms with Gasteiger partial charge in [0.15, 0.2) is 0 Å². The molecule has 2 aromatic heterocycles. The molecular weight excluding hydrogens is 330 g/mol. The lowest BCUT2D eigenvalue weighted by Gasteiger charge is -1.98. The Labute approximate surface area is 141 Å². The fourth-order valence-corrected chi connectivity index (χ4v) is 3.06. The number of carbonyl (C=O) groups is 1. The van der Waals surface area contributed by atoms with Crippen LogP contribution in [0.25, 0.3) is 12.2 Å². The molecule has 1 aromatic carbocycles. The lowest BCUT2D eigenvalue weighted by molar-refractivity contribution is 0.103. The highest BCUT2D eigenvalue weighted by Gasteiger charge is 2.09. The zero-order valence-corrected chi connectivity index (χ0v) is 13.9. The molecule has 0 aliphatic rings. The van der Waals surface area contributed by atoms with Gasteiger partial charge in [0.05, 0.1) is 12.0 Å². The number of carbonyl (C=O) groups excluding carboxylic acids is 1. The van der Waals surface area contributed by atoms with Gasteiger partial charge in [0.25, 0.3) is 5.91 Å². The molecule has 0 aliphatic heterocycles. The Morgan fingerprint density at radius 3 is 2.70 bits per heavy atom. The highest BCUT2D eigenvalue weighted by molar-refractivity contribution is 7.16. The summed E-state index contributed by atoms with van der Waals surface area (Å²) < 4.78 is 5.12. The Morgan fingerprint density at radius 2 is 2.00 bits per heavy atom. The fourth-order valence-electron chi connectivity index (χ4n) is 1.80. The monoisotopic (exact) mass is 343 g/mol. The van der Waals surface area contributed by atoms with Crippen LogP contribution in [-0.4, -0.2) is 23.2 Å². The quantitative estimate of drug-likeness (QED) is 0.759. The molecule has 23 heavy (non-hydrogen) atoms. The Morgan fingerprint density at radius 1 is 1.17 bits per heavy atom. The summed E-state index contributed by atoms with van der Waals surface area (Å²) in [5, 5.41) is 13.8. The normalized spacial score (nSPS) is 10.8. The number of hydrogen-bond acceptors (Lipinski definition) is 6. The van der Waals surface area contributed by atoms with Crippen molar-refractivity contribution in [2.45, 2.75) is 0 Å². The largest absolute Gasteiger partial charge is 0.497 e. The molecule has 116 valence electrons. The summed E-state index contributed by atoms with van der Waals surface area (Å²) in [6, 6.07) is 11.3. The summed E-state index contributed by atoms with van der Waals surface area (Å²) in [6.45, 7) is 0. The summed E-state index contributed by atoms with van der Waals surface area (Å²) in [7, 11) is 1.64. The standard InChI is InChI=1S/C16H13N3O2S2/c1-21-12-7-4-11(5-8-12)6-9-14-18-19-16(23-14)17-15(20)13-3-2-10-22-13/h2-10H,1H3,(H,17,19,20)/b9-6+. The molecular formula is C16H13N3O2S2. The van der Waals surface area contributed by atoms with Crippen molar-refractivity contribution in [1.82, 2.24) is 10.2 Å². The van der Waals surface area contributed by atoms with Gasteiger partial charge in [-0.3, -0.25) is 10.1 Å². The molecule has 1 N–H and O–H groups in total. The molecule has 1 amide bonds. The number of nitrogens with one attached hydrogen (secondary N) is 1. The number of ether oxygens (including phenoxy) is 1. The Kier molecular flexibility index (Phi) is 4.80. The minimum absolute atomic E-state index is 0.165. The number of hydrogen-bond donors (Lipinski definition) is 1. The van der Waals surface area contributed by atoms with Gasteiger partial charge < -0.3 is 4.74 Å². The second-order valence-corrected chi connectivity index (χ2v) is 6.44. The van der Waals surface area contributed by atoms with Crippen LogP contribution in [0.3, 0.4) is 0 Å². The van der Waals surface area contributed by atoms with Crippen LogP contribution in [0.1, 0.15) is 20.2 Å². The highest BCUT2D eigenvalue weighted by atomic mass is 32.1. The number of methoxy groups -OCH3 is 1. The number of nitrogens with zero attached hydrogens (tertiary/aromatic N) is 2. The van der Waals surface area contributed by atoms with E-state index >= 15 is 0 Å². The van der Waals surface area contributed by atoms with Gasteiger partial charge in [0, 0.05) is 0 Å². The molecule has 0 aliphatic carbocycles. The molecule has 0 radical (unpaired) electrons. The van der Waals surface area contributed by atoms with Crippen molar-refractivity contribution in [2.75, 3.05) is 12.4 Å². The predicted molar refractivity (Wildman–Crippen MR) is 94.1 cm³/mol. The third kappa shape index (κ3) is 4.02. The van der Waals surface area contributed by atoms with E-state index in [4.69, 9.17) is 4.74 Å². The van der Waals surface area contributed by atoms with Crippen molar-refractivity contribution in [2.24, 2.45) is 0 Å². The number of rotatable bonds is 5. The first kappa shape index (κ1) is 15.4. The van der Waals surface area contributed by atoms with E-state index in [0.717, 1.165) is 16.3 Å². The smallest absolute Gasteiger partial charge is 0.267 e. The second-order valence-electron chi connectivity index (χ2n) is 4.48. The van der Waals surface area contributed by atoms with E-state index in [-0.39, 0.29) is 5.91 Å². The van der Waals surface area contributed by atoms with E-state index in [1.807, 2.05) is 47.9 Å². The van der Waals surface area contributed by atoms with Crippen LogP contribution < -0.4 is 10.1 Å². The van der Waals surface area contributed by atoms with Crippen molar-refractivity contribution < 1.29 is 9.53 Å². The number of amides is 1. The molecule has 3 rings (SSSR count). The van der Waals surface area contributed by atoms with Crippen molar-refractivity contribution in [3.8, 4) is 5.75 Å². The van der Waals surface area contributed by atoms with Crippen LogP contribution in [0.15, 0.2) is 41.8 Å². The maximum atomic E-state index is 11.9. The number of aromatic nitrogens is 2. The number of anilines is 1. The van der Waals surface area contributed by atoms with Crippen LogP contribution in [0, 0.1) is 0 Å². The maximum Gasteiger partial charge on any atom is 0.267 e. The molecule has 0 saturated heterocycles. The first-order valence-corrected chi connectivity index (χ1v) is 8.45. The molecule has 7 heteroatoms. The van der Waals surface area contributed by atoms with Crippen molar-refractivity contribution in [3.05, 3.63) is 57.2 Å². The SMILES string of the molecule is COc1ccc(/C=C/c2nnc(NC(=O)c3cccs3)s2)cc1. The fraction of sp³-hybridized carbons (Fsp3) is 0.0625. The van der Waals surface area contributed by atoms with E-state index < -0.39 is 0 Å². The maximum absolute atomic E-state index is 11.9. The Bertz CT molecular complexity index is 808. The lowest BCUT2D eigenvalue weighted by Crippen LogP contribution is -2.09. The molecule has 3 aromatic rings. The molecule has 0 spiro atoms. The van der Waals surface area contributed by atoms with Crippen molar-refractivity contribution >= 4 is 45.9 Å². The van der Waals surface area contributed by atoms with E-state index in [1.54, 1.807) is 13.2 Å². The predicted octanol–water partition coefficient (Wildman–Crippen LogP) is 4.03.